The molecule has 0 bridgehead atoms. The molecule has 0 aliphatic carbocycles. The van der Waals surface area contributed by atoms with Gasteiger partial charge in [0.2, 0.25) is 0 Å². The molecule has 2 heteroatoms. The van der Waals surface area contributed by atoms with Crippen molar-refractivity contribution in [1.29, 1.82) is 0 Å². The summed E-state index contributed by atoms with van der Waals surface area (Å²) in [6.45, 7) is 5.48. The van der Waals surface area contributed by atoms with Crippen molar-refractivity contribution in [3.8, 4) is 0 Å². The molecule has 0 atom stereocenters. The summed E-state index contributed by atoms with van der Waals surface area (Å²) in [6, 6.07) is 38.1. The molecule has 4 aromatic carbocycles. The molecule has 0 unspecified atom stereocenters. The lowest BCUT2D eigenvalue weighted by Gasteiger charge is -2.21. The third-order valence-corrected chi connectivity index (χ3v) is 5.82. The molecular formula is C31H32O2. The third-order valence-electron chi connectivity index (χ3n) is 5.82. The van der Waals surface area contributed by atoms with Crippen molar-refractivity contribution in [2.45, 2.75) is 32.5 Å². The molecule has 4 rings (SSSR count). The van der Waals surface area contributed by atoms with Crippen LogP contribution < -0.4 is 0 Å². The van der Waals surface area contributed by atoms with Gasteiger partial charge in [0.1, 0.15) is 12.2 Å². The van der Waals surface area contributed by atoms with Crippen molar-refractivity contribution in [3.63, 3.8) is 0 Å². The van der Waals surface area contributed by atoms with Gasteiger partial charge in [0.25, 0.3) is 0 Å². The van der Waals surface area contributed by atoms with Crippen LogP contribution >= 0.6 is 0 Å². The molecule has 0 fully saturated rings. The summed E-state index contributed by atoms with van der Waals surface area (Å²) in [5.41, 5.74) is 7.20. The SMILES string of the molecule is Cc1ccc(C(OCCCOC(c2ccccc2)c2ccccc2)c2ccc(C)cc2)cc1. The van der Waals surface area contributed by atoms with Crippen molar-refractivity contribution < 1.29 is 9.47 Å². The van der Waals surface area contributed by atoms with Gasteiger partial charge in [-0.15, -0.1) is 0 Å². The second-order valence-electron chi connectivity index (χ2n) is 8.50. The molecule has 0 saturated carbocycles. The van der Waals surface area contributed by atoms with E-state index >= 15 is 0 Å². The van der Waals surface area contributed by atoms with Gasteiger partial charge in [-0.3, -0.25) is 0 Å². The molecule has 0 N–H and O–H groups in total. The van der Waals surface area contributed by atoms with Gasteiger partial charge >= 0.3 is 0 Å². The molecule has 0 spiro atoms. The van der Waals surface area contributed by atoms with Crippen molar-refractivity contribution in [1.82, 2.24) is 0 Å². The van der Waals surface area contributed by atoms with Crippen LogP contribution in [0.25, 0.3) is 0 Å². The van der Waals surface area contributed by atoms with Crippen molar-refractivity contribution in [3.05, 3.63) is 143 Å². The van der Waals surface area contributed by atoms with Crippen LogP contribution in [-0.2, 0) is 9.47 Å². The van der Waals surface area contributed by atoms with Crippen molar-refractivity contribution in [2.24, 2.45) is 0 Å². The molecule has 0 heterocycles. The zero-order valence-corrected chi connectivity index (χ0v) is 19.5. The third kappa shape index (κ3) is 6.41. The first-order valence-corrected chi connectivity index (χ1v) is 11.7. The van der Waals surface area contributed by atoms with Crippen LogP contribution in [0.1, 0.15) is 52.0 Å². The number of aryl methyl sites for hydroxylation is 2. The van der Waals surface area contributed by atoms with Crippen molar-refractivity contribution >= 4 is 0 Å². The smallest absolute Gasteiger partial charge is 0.108 e. The minimum absolute atomic E-state index is 0.0719. The van der Waals surface area contributed by atoms with E-state index in [4.69, 9.17) is 9.47 Å². The highest BCUT2D eigenvalue weighted by Crippen LogP contribution is 2.28. The average molecular weight is 437 g/mol. The van der Waals surface area contributed by atoms with Crippen LogP contribution in [-0.4, -0.2) is 13.2 Å². The van der Waals surface area contributed by atoms with Gasteiger partial charge in [0.15, 0.2) is 0 Å². The summed E-state index contributed by atoms with van der Waals surface area (Å²) >= 11 is 0. The first-order valence-electron chi connectivity index (χ1n) is 11.7. The Labute approximate surface area is 197 Å². The van der Waals surface area contributed by atoms with Crippen LogP contribution in [0.4, 0.5) is 0 Å². The first kappa shape index (κ1) is 23.0. The zero-order chi connectivity index (χ0) is 22.9. The van der Waals surface area contributed by atoms with Crippen LogP contribution in [0.5, 0.6) is 0 Å². The first-order chi connectivity index (χ1) is 16.2. The molecule has 0 amide bonds. The number of ether oxygens (including phenoxy) is 2. The predicted molar refractivity (Wildman–Crippen MR) is 135 cm³/mol. The molecule has 0 saturated heterocycles. The van der Waals surface area contributed by atoms with Gasteiger partial charge in [-0.25, -0.2) is 0 Å². The summed E-state index contributed by atoms with van der Waals surface area (Å²) in [4.78, 5) is 0. The lowest BCUT2D eigenvalue weighted by atomic mass is 9.99. The fourth-order valence-corrected chi connectivity index (χ4v) is 3.97. The molecule has 33 heavy (non-hydrogen) atoms. The minimum atomic E-state index is -0.0785. The van der Waals surface area contributed by atoms with E-state index in [-0.39, 0.29) is 12.2 Å². The van der Waals surface area contributed by atoms with E-state index in [0.29, 0.717) is 13.2 Å². The Hall–Kier alpha value is -3.20. The Bertz CT molecular complexity index is 1000. The molecule has 2 nitrogen and oxygen atoms in total. The Morgan fingerprint density at radius 1 is 0.455 bits per heavy atom. The maximum absolute atomic E-state index is 6.41. The lowest BCUT2D eigenvalue weighted by Crippen LogP contribution is -2.11. The van der Waals surface area contributed by atoms with E-state index in [1.54, 1.807) is 0 Å². The Morgan fingerprint density at radius 2 is 0.788 bits per heavy atom. The standard InChI is InChI=1S/C31H32O2/c1-24-14-18-28(19-15-24)31(29-20-16-25(2)17-21-29)33-23-9-22-32-30(26-10-5-3-6-11-26)27-12-7-4-8-13-27/h3-8,10-21,30-31H,9,22-23H2,1-2H3. The largest absolute Gasteiger partial charge is 0.369 e. The maximum atomic E-state index is 6.41. The van der Waals surface area contributed by atoms with Crippen LogP contribution in [0.3, 0.4) is 0 Å². The Kier molecular flexibility index (Phi) is 8.08. The number of rotatable bonds is 10. The highest BCUT2D eigenvalue weighted by molar-refractivity contribution is 5.33. The van der Waals surface area contributed by atoms with Gasteiger partial charge in [-0.1, -0.05) is 120 Å². The molecule has 4 aromatic rings. The van der Waals surface area contributed by atoms with E-state index in [0.717, 1.165) is 6.42 Å². The van der Waals surface area contributed by atoms with Crippen LogP contribution in [0.15, 0.2) is 109 Å². The number of benzene rings is 4. The van der Waals surface area contributed by atoms with Gasteiger partial charge < -0.3 is 9.47 Å². The molecule has 0 aliphatic rings. The van der Waals surface area contributed by atoms with Crippen LogP contribution in [0.2, 0.25) is 0 Å². The highest BCUT2D eigenvalue weighted by atomic mass is 16.5. The van der Waals surface area contributed by atoms with Gasteiger partial charge in [-0.2, -0.15) is 0 Å². The Balaban J connectivity index is 1.39. The summed E-state index contributed by atoms with van der Waals surface area (Å²) < 4.78 is 12.8. The van der Waals surface area contributed by atoms with Gasteiger partial charge in [0.05, 0.1) is 13.2 Å². The van der Waals surface area contributed by atoms with Crippen molar-refractivity contribution in [2.75, 3.05) is 13.2 Å². The van der Waals surface area contributed by atoms with E-state index in [1.165, 1.54) is 33.4 Å². The highest BCUT2D eigenvalue weighted by Gasteiger charge is 2.16. The summed E-state index contributed by atoms with van der Waals surface area (Å²) in [6.07, 6.45) is 0.673. The second-order valence-corrected chi connectivity index (χ2v) is 8.50. The van der Waals surface area contributed by atoms with E-state index in [1.807, 2.05) is 12.1 Å². The molecule has 0 radical (unpaired) electrons. The van der Waals surface area contributed by atoms with E-state index in [2.05, 4.69) is 111 Å². The fourth-order valence-electron chi connectivity index (χ4n) is 3.97. The minimum Gasteiger partial charge on any atom is -0.369 e. The quantitative estimate of drug-likeness (QED) is 0.238. The lowest BCUT2D eigenvalue weighted by molar-refractivity contribution is 0.0339. The predicted octanol–water partition coefficient (Wildman–Crippen LogP) is 7.61. The fraction of sp³-hybridized carbons (Fsp3) is 0.226. The number of hydrogen-bond acceptors (Lipinski definition) is 2. The maximum Gasteiger partial charge on any atom is 0.108 e. The topological polar surface area (TPSA) is 18.5 Å². The monoisotopic (exact) mass is 436 g/mol. The molecular weight excluding hydrogens is 404 g/mol. The summed E-state index contributed by atoms with van der Waals surface area (Å²) in [5, 5.41) is 0. The van der Waals surface area contributed by atoms with Gasteiger partial charge in [-0.05, 0) is 42.5 Å². The number of hydrogen-bond donors (Lipinski definition) is 0. The molecule has 0 aliphatic heterocycles. The van der Waals surface area contributed by atoms with Gasteiger partial charge in [0, 0.05) is 0 Å². The normalized spacial score (nSPS) is 11.3. The summed E-state index contributed by atoms with van der Waals surface area (Å²) in [7, 11) is 0. The average Bonchev–Trinajstić information content (AvgIpc) is 2.86. The van der Waals surface area contributed by atoms with E-state index < -0.39 is 0 Å². The van der Waals surface area contributed by atoms with E-state index in [9.17, 15) is 0 Å². The summed E-state index contributed by atoms with van der Waals surface area (Å²) in [5.74, 6) is 0. The molecule has 168 valence electrons. The second kappa shape index (κ2) is 11.6. The van der Waals surface area contributed by atoms with Crippen LogP contribution in [0, 0.1) is 13.8 Å². The molecule has 0 aromatic heterocycles. The zero-order valence-electron chi connectivity index (χ0n) is 19.5. The Morgan fingerprint density at radius 3 is 1.15 bits per heavy atom.